The van der Waals surface area contributed by atoms with Gasteiger partial charge in [0.05, 0.1) is 17.8 Å². The van der Waals surface area contributed by atoms with E-state index in [0.29, 0.717) is 22.1 Å². The highest BCUT2D eigenvalue weighted by atomic mass is 35.5. The van der Waals surface area contributed by atoms with Crippen molar-refractivity contribution in [2.75, 3.05) is 14.9 Å². The lowest BCUT2D eigenvalue weighted by Crippen LogP contribution is -2.52. The van der Waals surface area contributed by atoms with Gasteiger partial charge in [0.1, 0.15) is 10.3 Å². The Bertz CT molecular complexity index is 1210. The Morgan fingerprint density at radius 2 is 1.93 bits per heavy atom. The van der Waals surface area contributed by atoms with Gasteiger partial charge in [-0.1, -0.05) is 35.9 Å². The molecular weight excluding hydrogens is 446 g/mol. The summed E-state index contributed by atoms with van der Waals surface area (Å²) in [7, 11) is -4.05. The van der Waals surface area contributed by atoms with E-state index in [0.717, 1.165) is 15.6 Å². The molecule has 2 heterocycles. The smallest absolute Gasteiger partial charge is 0.274 e. The Kier molecular flexibility index (Phi) is 5.50. The maximum atomic E-state index is 13.4. The van der Waals surface area contributed by atoms with Crippen LogP contribution in [-0.2, 0) is 19.6 Å². The van der Waals surface area contributed by atoms with Crippen LogP contribution < -0.4 is 14.9 Å². The van der Waals surface area contributed by atoms with Crippen molar-refractivity contribution in [3.63, 3.8) is 0 Å². The number of carbonyl (C=O) groups excluding carboxylic acids is 2. The van der Waals surface area contributed by atoms with Gasteiger partial charge in [-0.3, -0.25) is 13.9 Å². The number of nitrogens with one attached hydrogen (secondary N) is 2. The van der Waals surface area contributed by atoms with E-state index in [4.69, 9.17) is 11.6 Å². The topological polar surface area (TPSA) is 95.6 Å². The van der Waals surface area contributed by atoms with Crippen molar-refractivity contribution in [1.82, 2.24) is 0 Å². The first-order valence-electron chi connectivity index (χ1n) is 8.89. The van der Waals surface area contributed by atoms with Gasteiger partial charge in [-0.05, 0) is 41.8 Å². The van der Waals surface area contributed by atoms with E-state index < -0.39 is 27.9 Å². The molecule has 0 fully saturated rings. The van der Waals surface area contributed by atoms with Crippen molar-refractivity contribution in [2.24, 2.45) is 0 Å². The predicted octanol–water partition coefficient (Wildman–Crippen LogP) is 3.95. The Morgan fingerprint density at radius 1 is 1.13 bits per heavy atom. The largest absolute Gasteiger partial charge is 0.326 e. The number of benzene rings is 2. The minimum Gasteiger partial charge on any atom is -0.326 e. The molecule has 1 aliphatic rings. The van der Waals surface area contributed by atoms with Gasteiger partial charge < -0.3 is 10.6 Å². The Hall–Kier alpha value is -2.88. The third-order valence-corrected chi connectivity index (χ3v) is 7.91. The second-order valence-corrected chi connectivity index (χ2v) is 9.94. The van der Waals surface area contributed by atoms with Crippen molar-refractivity contribution in [1.29, 1.82) is 0 Å². The van der Waals surface area contributed by atoms with Crippen LogP contribution in [0.5, 0.6) is 0 Å². The predicted molar refractivity (Wildman–Crippen MR) is 118 cm³/mol. The number of carbonyl (C=O) groups is 2. The summed E-state index contributed by atoms with van der Waals surface area (Å²) in [5.41, 5.74) is 1.14. The molecule has 0 bridgehead atoms. The van der Waals surface area contributed by atoms with Crippen LogP contribution in [0.1, 0.15) is 6.42 Å². The van der Waals surface area contributed by atoms with Gasteiger partial charge in [-0.2, -0.15) is 0 Å². The first-order valence-corrected chi connectivity index (χ1v) is 11.6. The van der Waals surface area contributed by atoms with Crippen molar-refractivity contribution < 1.29 is 18.0 Å². The molecular formula is C20H16ClN3O4S2. The van der Waals surface area contributed by atoms with Gasteiger partial charge >= 0.3 is 0 Å². The van der Waals surface area contributed by atoms with E-state index in [1.165, 1.54) is 6.07 Å². The van der Waals surface area contributed by atoms with Crippen LogP contribution in [0.15, 0.2) is 70.3 Å². The third-order valence-electron chi connectivity index (χ3n) is 4.48. The van der Waals surface area contributed by atoms with Gasteiger partial charge in [-0.25, -0.2) is 8.42 Å². The second kappa shape index (κ2) is 8.10. The summed E-state index contributed by atoms with van der Waals surface area (Å²) in [6.07, 6.45) is -0.364. The standard InChI is InChI=1S/C20H16ClN3O4S2/c21-13-5-3-6-14(11-13)22-18(25)12-17-20(26)23-15-7-1-2-8-16(15)24(17)30(27,28)19-9-4-10-29-19/h1-11,17H,12H2,(H,22,25)(H,23,26)/t17-/m1/s1. The van der Waals surface area contributed by atoms with Crippen molar-refractivity contribution in [3.05, 3.63) is 71.1 Å². The molecule has 30 heavy (non-hydrogen) atoms. The van der Waals surface area contributed by atoms with E-state index in [9.17, 15) is 18.0 Å². The van der Waals surface area contributed by atoms with Gasteiger partial charge in [0.15, 0.2) is 0 Å². The summed E-state index contributed by atoms with van der Waals surface area (Å²) >= 11 is 6.99. The molecule has 7 nitrogen and oxygen atoms in total. The quantitative estimate of drug-likeness (QED) is 0.601. The molecule has 0 saturated heterocycles. The summed E-state index contributed by atoms with van der Waals surface area (Å²) in [6, 6.07) is 15.0. The van der Waals surface area contributed by atoms with Crippen LogP contribution in [0.3, 0.4) is 0 Å². The molecule has 0 saturated carbocycles. The van der Waals surface area contributed by atoms with Crippen LogP contribution in [-0.4, -0.2) is 26.3 Å². The summed E-state index contributed by atoms with van der Waals surface area (Å²) in [5, 5.41) is 7.44. The average molecular weight is 462 g/mol. The van der Waals surface area contributed by atoms with E-state index in [2.05, 4.69) is 10.6 Å². The molecule has 0 spiro atoms. The van der Waals surface area contributed by atoms with E-state index in [1.807, 2.05) is 0 Å². The fourth-order valence-corrected chi connectivity index (χ4v) is 6.10. The number of fused-ring (bicyclic) bond motifs is 1. The molecule has 4 rings (SSSR count). The number of sulfonamides is 1. The molecule has 2 N–H and O–H groups in total. The number of hydrogen-bond donors (Lipinski definition) is 2. The monoisotopic (exact) mass is 461 g/mol. The molecule has 154 valence electrons. The van der Waals surface area contributed by atoms with Gasteiger partial charge in [0.2, 0.25) is 11.8 Å². The maximum Gasteiger partial charge on any atom is 0.274 e. The molecule has 2 aromatic carbocycles. The number of hydrogen-bond acceptors (Lipinski definition) is 5. The fraction of sp³-hybridized carbons (Fsp3) is 0.100. The summed E-state index contributed by atoms with van der Waals surface area (Å²) < 4.78 is 27.8. The number of thiophene rings is 1. The minimum atomic E-state index is -4.05. The van der Waals surface area contributed by atoms with Crippen LogP contribution in [0, 0.1) is 0 Å². The van der Waals surface area contributed by atoms with Crippen molar-refractivity contribution >= 4 is 61.8 Å². The van der Waals surface area contributed by atoms with Gasteiger partial charge in [0.25, 0.3) is 10.0 Å². The number of halogens is 1. The highest BCUT2D eigenvalue weighted by molar-refractivity contribution is 7.94. The van der Waals surface area contributed by atoms with Gasteiger partial charge in [-0.15, -0.1) is 11.3 Å². The Balaban J connectivity index is 1.70. The van der Waals surface area contributed by atoms with E-state index in [-0.39, 0.29) is 10.6 Å². The first kappa shape index (κ1) is 20.4. The molecule has 10 heteroatoms. The maximum absolute atomic E-state index is 13.4. The Labute approximate surface area is 182 Å². The Morgan fingerprint density at radius 3 is 2.67 bits per heavy atom. The SMILES string of the molecule is O=C(C[C@@H]1C(=O)Nc2ccccc2N1S(=O)(=O)c1cccs1)Nc1cccc(Cl)c1. The average Bonchev–Trinajstić information content (AvgIpc) is 3.24. The highest BCUT2D eigenvalue weighted by Gasteiger charge is 2.42. The zero-order valence-corrected chi connectivity index (χ0v) is 17.8. The van der Waals surface area contributed by atoms with Crippen molar-refractivity contribution in [2.45, 2.75) is 16.7 Å². The lowest BCUT2D eigenvalue weighted by Gasteiger charge is -2.36. The molecule has 1 aliphatic heterocycles. The molecule has 1 aromatic heterocycles. The lowest BCUT2D eigenvalue weighted by molar-refractivity contribution is -0.122. The molecule has 0 unspecified atom stereocenters. The van der Waals surface area contributed by atoms with E-state index >= 15 is 0 Å². The third kappa shape index (κ3) is 3.91. The summed E-state index contributed by atoms with van der Waals surface area (Å²) in [4.78, 5) is 25.5. The number of para-hydroxylation sites is 2. The number of rotatable bonds is 5. The lowest BCUT2D eigenvalue weighted by atomic mass is 10.1. The van der Waals surface area contributed by atoms with Crippen LogP contribution in [0.4, 0.5) is 17.1 Å². The van der Waals surface area contributed by atoms with E-state index in [1.54, 1.807) is 60.0 Å². The highest BCUT2D eigenvalue weighted by Crippen LogP contribution is 2.38. The summed E-state index contributed by atoms with van der Waals surface area (Å²) in [6.45, 7) is 0. The summed E-state index contributed by atoms with van der Waals surface area (Å²) in [5.74, 6) is -1.08. The molecule has 0 radical (unpaired) electrons. The fourth-order valence-electron chi connectivity index (χ4n) is 3.20. The number of amides is 2. The van der Waals surface area contributed by atoms with Gasteiger partial charge in [0, 0.05) is 10.7 Å². The molecule has 2 amide bonds. The zero-order chi connectivity index (χ0) is 21.3. The van der Waals surface area contributed by atoms with Crippen LogP contribution in [0.2, 0.25) is 5.02 Å². The number of anilines is 3. The van der Waals surface area contributed by atoms with Crippen molar-refractivity contribution in [3.8, 4) is 0 Å². The molecule has 0 aliphatic carbocycles. The minimum absolute atomic E-state index is 0.0900. The number of nitrogens with zero attached hydrogens (tertiary/aromatic N) is 1. The zero-order valence-electron chi connectivity index (χ0n) is 15.4. The van der Waals surface area contributed by atoms with Crippen LogP contribution in [0.25, 0.3) is 0 Å². The molecule has 3 aromatic rings. The van der Waals surface area contributed by atoms with Crippen LogP contribution >= 0.6 is 22.9 Å². The second-order valence-electron chi connectivity index (χ2n) is 6.52. The molecule has 1 atom stereocenters. The normalized spacial score (nSPS) is 16.0. The first-order chi connectivity index (χ1) is 14.4.